The Morgan fingerprint density at radius 3 is 2.31 bits per heavy atom. The number of nitrogens with zero attached hydrogens (tertiary/aromatic N) is 3. The number of likely N-dealkylation sites (tertiary alicyclic amines) is 1. The predicted octanol–water partition coefficient (Wildman–Crippen LogP) is 9.42. The van der Waals surface area contributed by atoms with E-state index in [1.807, 2.05) is 33.9 Å². The summed E-state index contributed by atoms with van der Waals surface area (Å²) in [6.45, 7) is 21.7. The number of carbonyl (C=O) groups excluding carboxylic acids is 1. The summed E-state index contributed by atoms with van der Waals surface area (Å²) in [6.07, 6.45) is 6.99. The third-order valence-corrected chi connectivity index (χ3v) is 7.38. The lowest BCUT2D eigenvalue weighted by atomic mass is 9.94. The number of allylic oxidation sites excluding steroid dienone is 4. The fourth-order valence-electron chi connectivity index (χ4n) is 4.86. The molecule has 2 N–H and O–H groups in total. The molecule has 2 fully saturated rings. The maximum Gasteiger partial charge on any atom is 0.415 e. The van der Waals surface area contributed by atoms with Crippen LogP contribution in [0.1, 0.15) is 97.5 Å². The number of hydrogen-bond donors (Lipinski definition) is 2. The summed E-state index contributed by atoms with van der Waals surface area (Å²) >= 11 is 0. The molecule has 1 aromatic carbocycles. The number of halogens is 3. The van der Waals surface area contributed by atoms with Crippen molar-refractivity contribution >= 4 is 24.0 Å². The van der Waals surface area contributed by atoms with Crippen molar-refractivity contribution in [1.29, 1.82) is 0 Å². The molecule has 2 saturated heterocycles. The van der Waals surface area contributed by atoms with E-state index in [0.717, 1.165) is 49.5 Å². The van der Waals surface area contributed by atoms with Crippen molar-refractivity contribution < 1.29 is 32.6 Å². The van der Waals surface area contributed by atoms with Gasteiger partial charge in [-0.05, 0) is 94.0 Å². The molecule has 2 aliphatic rings. The molecule has 3 atom stereocenters. The van der Waals surface area contributed by atoms with Crippen LogP contribution in [0.4, 0.5) is 23.7 Å². The number of alkyl halides is 2. The van der Waals surface area contributed by atoms with Crippen LogP contribution in [0.25, 0.3) is 0 Å². The molecule has 11 heteroatoms. The van der Waals surface area contributed by atoms with Gasteiger partial charge in [-0.25, -0.2) is 18.4 Å². The zero-order chi connectivity index (χ0) is 37.0. The minimum Gasteiger partial charge on any atom is -0.478 e. The van der Waals surface area contributed by atoms with Gasteiger partial charge in [0.1, 0.15) is 17.6 Å². The second-order valence-corrected chi connectivity index (χ2v) is 12.6. The Labute approximate surface area is 286 Å². The molecule has 1 amide bonds. The normalized spacial score (nSPS) is 20.1. The molecule has 2 heterocycles. The number of aromatic carboxylic acids is 1. The summed E-state index contributed by atoms with van der Waals surface area (Å²) in [5.74, 6) is -0.871. The Balaban J connectivity index is 0.00000252. The van der Waals surface area contributed by atoms with Crippen molar-refractivity contribution in [3.63, 3.8) is 0 Å². The fraction of sp³-hybridized carbons (Fsp3) is 0.595. The first-order valence-electron chi connectivity index (χ1n) is 16.7. The molecule has 8 nitrogen and oxygen atoms in total. The average molecular weight is 681 g/mol. The Hall–Kier alpha value is -3.60. The largest absolute Gasteiger partial charge is 0.478 e. The van der Waals surface area contributed by atoms with Crippen LogP contribution in [0, 0.1) is 18.8 Å². The number of rotatable bonds is 10. The molecule has 0 saturated carbocycles. The fourth-order valence-corrected chi connectivity index (χ4v) is 4.86. The van der Waals surface area contributed by atoms with Crippen LogP contribution in [0.2, 0.25) is 0 Å². The molecule has 0 aliphatic carbocycles. The van der Waals surface area contributed by atoms with Crippen molar-refractivity contribution in [3.05, 3.63) is 64.7 Å². The first-order chi connectivity index (χ1) is 22.6. The van der Waals surface area contributed by atoms with Crippen molar-refractivity contribution in [3.8, 4) is 0 Å². The van der Waals surface area contributed by atoms with Crippen LogP contribution in [0.3, 0.4) is 0 Å². The quantitative estimate of drug-likeness (QED) is 0.145. The first-order valence-corrected chi connectivity index (χ1v) is 16.7. The Kier molecular flexibility index (Phi) is 21.2. The molecule has 3 rings (SSSR count). The maximum absolute atomic E-state index is 13.9. The molecule has 3 unspecified atom stereocenters. The van der Waals surface area contributed by atoms with Gasteiger partial charge in [0.2, 0.25) is 0 Å². The number of benzene rings is 1. The molecule has 272 valence electrons. The van der Waals surface area contributed by atoms with Crippen LogP contribution in [0.15, 0.2) is 58.6 Å². The number of carboxylic acid groups (broad SMARTS) is 1. The van der Waals surface area contributed by atoms with E-state index in [1.54, 1.807) is 36.2 Å². The number of ether oxygens (including phenoxy) is 1. The molecular formula is C37H59F3N4O4. The molecule has 2 aliphatic heterocycles. The van der Waals surface area contributed by atoms with Crippen molar-refractivity contribution in [2.24, 2.45) is 16.9 Å². The lowest BCUT2D eigenvalue weighted by Crippen LogP contribution is -2.36. The number of hydrogen-bond acceptors (Lipinski definition) is 6. The smallest absolute Gasteiger partial charge is 0.415 e. The van der Waals surface area contributed by atoms with Gasteiger partial charge in [-0.15, -0.1) is 0 Å². The SMILES string of the molecule is C/C(=C\N/N=C/C(C)/C=C\C(F)=C(\C)C(C)F)CN1CCCC2(CC1)CN(c1ccc(C(=O)O)cc1C)C(=O)O2.CC.CC(C)C.CF. The highest BCUT2D eigenvalue weighted by atomic mass is 19.1. The molecule has 1 aromatic rings. The highest BCUT2D eigenvalue weighted by Gasteiger charge is 2.46. The third-order valence-electron chi connectivity index (χ3n) is 7.38. The topological polar surface area (TPSA) is 94.5 Å². The van der Waals surface area contributed by atoms with Crippen LogP contribution < -0.4 is 10.3 Å². The van der Waals surface area contributed by atoms with E-state index in [9.17, 15) is 27.9 Å². The van der Waals surface area contributed by atoms with Crippen LogP contribution in [0.5, 0.6) is 0 Å². The summed E-state index contributed by atoms with van der Waals surface area (Å²) in [7, 11) is 0.500. The number of hydrazone groups is 1. The maximum atomic E-state index is 13.9. The second-order valence-electron chi connectivity index (χ2n) is 12.6. The highest BCUT2D eigenvalue weighted by Crippen LogP contribution is 2.37. The highest BCUT2D eigenvalue weighted by molar-refractivity contribution is 5.93. The average Bonchev–Trinajstić information content (AvgIpc) is 3.24. The van der Waals surface area contributed by atoms with Crippen LogP contribution in [-0.4, -0.2) is 73.4 Å². The minimum absolute atomic E-state index is 0.0716. The predicted molar refractivity (Wildman–Crippen MR) is 192 cm³/mol. The molecule has 48 heavy (non-hydrogen) atoms. The van der Waals surface area contributed by atoms with Gasteiger partial charge in [0.25, 0.3) is 0 Å². The number of nitrogens with one attached hydrogen (secondary N) is 1. The zero-order valence-electron chi connectivity index (χ0n) is 30.9. The zero-order valence-corrected chi connectivity index (χ0v) is 30.9. The number of amides is 1. The molecule has 0 bridgehead atoms. The van der Waals surface area contributed by atoms with Crippen LogP contribution in [-0.2, 0) is 4.74 Å². The van der Waals surface area contributed by atoms with E-state index in [1.165, 1.54) is 26.0 Å². The number of anilines is 1. The van der Waals surface area contributed by atoms with E-state index in [4.69, 9.17) is 4.74 Å². The Morgan fingerprint density at radius 1 is 1.12 bits per heavy atom. The lowest BCUT2D eigenvalue weighted by molar-refractivity contribution is 0.0447. The monoisotopic (exact) mass is 680 g/mol. The van der Waals surface area contributed by atoms with Gasteiger partial charge in [-0.3, -0.25) is 19.6 Å². The van der Waals surface area contributed by atoms with E-state index in [-0.39, 0.29) is 17.1 Å². The Morgan fingerprint density at radius 2 is 1.75 bits per heavy atom. The van der Waals surface area contributed by atoms with E-state index >= 15 is 0 Å². The lowest BCUT2D eigenvalue weighted by Gasteiger charge is -2.26. The van der Waals surface area contributed by atoms with Gasteiger partial charge in [0, 0.05) is 37.8 Å². The van der Waals surface area contributed by atoms with Gasteiger partial charge in [-0.2, -0.15) is 5.10 Å². The van der Waals surface area contributed by atoms with Gasteiger partial charge < -0.3 is 9.84 Å². The van der Waals surface area contributed by atoms with E-state index in [2.05, 4.69) is 36.2 Å². The van der Waals surface area contributed by atoms with E-state index in [0.29, 0.717) is 25.8 Å². The van der Waals surface area contributed by atoms with Gasteiger partial charge in [-0.1, -0.05) is 47.6 Å². The first kappa shape index (κ1) is 44.4. The van der Waals surface area contributed by atoms with Crippen molar-refractivity contribution in [2.75, 3.05) is 38.3 Å². The number of carbonyl (C=O) groups is 2. The summed E-state index contributed by atoms with van der Waals surface area (Å²) < 4.78 is 42.5. The molecule has 0 aromatic heterocycles. The summed E-state index contributed by atoms with van der Waals surface area (Å²) in [5.41, 5.74) is 5.08. The van der Waals surface area contributed by atoms with Gasteiger partial charge in [0.05, 0.1) is 25.0 Å². The standard InChI is InChI=1S/C30H40F2N4O4.C4H10.C2H6.CH3F/c1-20(7-9-26(32)23(4)24(5)31)16-33-34-17-21(2)18-35-13-6-11-30(12-14-35)19-36(29(39)40-30)27-10-8-25(28(37)38)15-22(27)3;1-4(2)3;2*1-2/h7-10,15-17,20,24,34H,6,11-14,18-19H2,1-5H3,(H,37,38);4H,1-3H3;1-2H3;1H3/b9-7-,21-17+,26-23+,33-16+;;;. The van der Waals surface area contributed by atoms with Gasteiger partial charge in [0.15, 0.2) is 0 Å². The Bertz CT molecular complexity index is 1260. The van der Waals surface area contributed by atoms with Crippen LogP contribution >= 0.6 is 0 Å². The number of carboxylic acids is 1. The summed E-state index contributed by atoms with van der Waals surface area (Å²) in [4.78, 5) is 28.0. The molecular weight excluding hydrogens is 621 g/mol. The molecule has 1 spiro atoms. The minimum atomic E-state index is -1.32. The van der Waals surface area contributed by atoms with Crippen molar-refractivity contribution in [2.45, 2.75) is 100 Å². The summed E-state index contributed by atoms with van der Waals surface area (Å²) in [6, 6.07) is 4.75. The summed E-state index contributed by atoms with van der Waals surface area (Å²) in [5, 5.41) is 13.4. The number of aryl methyl sites for hydroxylation is 1. The third kappa shape index (κ3) is 15.5. The van der Waals surface area contributed by atoms with E-state index < -0.39 is 29.7 Å². The van der Waals surface area contributed by atoms with Crippen molar-refractivity contribution in [1.82, 2.24) is 10.3 Å². The molecule has 0 radical (unpaired) electrons. The second kappa shape index (κ2) is 22.9. The van der Waals surface area contributed by atoms with Gasteiger partial charge >= 0.3 is 12.1 Å².